The molecule has 4 bridgehead atoms. The summed E-state index contributed by atoms with van der Waals surface area (Å²) in [7, 11) is 0. The molecule has 6 aromatic carbocycles. The van der Waals surface area contributed by atoms with Crippen LogP contribution in [0, 0.1) is 0 Å². The summed E-state index contributed by atoms with van der Waals surface area (Å²) in [5.41, 5.74) is 9.18. The third-order valence-electron chi connectivity index (χ3n) is 12.2. The maximum Gasteiger partial charge on any atom is 0.343 e. The lowest BCUT2D eigenvalue weighted by Crippen LogP contribution is -2.15. The highest BCUT2D eigenvalue weighted by molar-refractivity contribution is 5.94. The van der Waals surface area contributed by atoms with Gasteiger partial charge in [0.05, 0.1) is 24.3 Å². The Morgan fingerprint density at radius 2 is 0.703 bits per heavy atom. The summed E-state index contributed by atoms with van der Waals surface area (Å²) in [5, 5.41) is 0. The normalized spacial score (nSPS) is 12.0. The molecule has 6 nitrogen and oxygen atoms in total. The molecule has 332 valence electrons. The van der Waals surface area contributed by atoms with Gasteiger partial charge in [0.1, 0.15) is 23.0 Å². The van der Waals surface area contributed by atoms with Crippen molar-refractivity contribution in [3.63, 3.8) is 0 Å². The Morgan fingerprint density at radius 3 is 1.06 bits per heavy atom. The number of ether oxygens (including phenoxy) is 4. The molecule has 0 fully saturated rings. The molecule has 0 radical (unpaired) electrons. The van der Waals surface area contributed by atoms with Crippen LogP contribution in [0.15, 0.2) is 133 Å². The van der Waals surface area contributed by atoms with Crippen LogP contribution in [0.4, 0.5) is 0 Å². The van der Waals surface area contributed by atoms with Crippen LogP contribution in [0.25, 0.3) is 22.3 Å². The molecule has 4 aliphatic carbocycles. The quantitative estimate of drug-likeness (QED) is 0.0385. The Kier molecular flexibility index (Phi) is 17.2. The van der Waals surface area contributed by atoms with Crippen molar-refractivity contribution >= 4 is 11.9 Å². The number of unbranched alkanes of at least 4 members (excludes halogenated alkanes) is 10. The Hall–Kier alpha value is -6.14. The highest BCUT2D eigenvalue weighted by Gasteiger charge is 2.20. The fourth-order valence-electron chi connectivity index (χ4n) is 8.32. The minimum absolute atomic E-state index is 0.373. The third-order valence-corrected chi connectivity index (χ3v) is 12.2. The number of carbonyl (C=O) groups is 2. The highest BCUT2D eigenvalue weighted by atomic mass is 16.5. The standard InChI is InChI=1S/C58H64O6/c1-3-5-7-9-11-13-39-61-51-31-23-45(24-32-51)47-27-35-53(36-28-47)63-57(59)55-41-43-15-19-49(55)21-17-44-16-20-50(22-18-43)56(42-44)58(60)64-54-37-29-48(30-38-54)46-25-33-52(34-26-46)62-40-14-12-10-8-6-4-2/h15-16,19-20,23-38,41-42H,3-14,17-18,21-22,39-40H2,1-2H3. The van der Waals surface area contributed by atoms with E-state index < -0.39 is 0 Å². The SMILES string of the molecule is CCCCCCCCOc1ccc(-c2ccc(OC(=O)c3cc4ccc3CCc3ccc(c(C(=O)Oc5ccc(-c6ccc(OCCCCCCCC)cc6)cc5)c3)CC4)cc2)cc1. The largest absolute Gasteiger partial charge is 0.494 e. The molecule has 6 heteroatoms. The number of carbonyl (C=O) groups excluding carboxylic acids is 2. The van der Waals surface area contributed by atoms with E-state index in [4.69, 9.17) is 18.9 Å². The van der Waals surface area contributed by atoms with E-state index in [-0.39, 0.29) is 11.9 Å². The Morgan fingerprint density at radius 1 is 0.375 bits per heavy atom. The molecule has 10 rings (SSSR count). The van der Waals surface area contributed by atoms with Crippen LogP contribution in [-0.2, 0) is 25.7 Å². The van der Waals surface area contributed by atoms with Crippen molar-refractivity contribution < 1.29 is 28.5 Å². The average Bonchev–Trinajstić information content (AvgIpc) is 3.32. The van der Waals surface area contributed by atoms with Crippen LogP contribution in [0.3, 0.4) is 0 Å². The summed E-state index contributed by atoms with van der Waals surface area (Å²) in [6, 6.07) is 43.8. The molecule has 0 N–H and O–H groups in total. The van der Waals surface area contributed by atoms with Crippen molar-refractivity contribution in [2.24, 2.45) is 0 Å². The molecule has 0 aromatic heterocycles. The molecule has 0 spiro atoms. The first-order chi connectivity index (χ1) is 31.4. The van der Waals surface area contributed by atoms with Gasteiger partial charge in [-0.25, -0.2) is 9.59 Å². The first-order valence-corrected chi connectivity index (χ1v) is 23.8. The van der Waals surface area contributed by atoms with Gasteiger partial charge in [-0.1, -0.05) is 151 Å². The number of hydrogen-bond acceptors (Lipinski definition) is 6. The Labute approximate surface area is 381 Å². The van der Waals surface area contributed by atoms with E-state index in [1.165, 1.54) is 64.2 Å². The first-order valence-electron chi connectivity index (χ1n) is 23.8. The van der Waals surface area contributed by atoms with E-state index in [2.05, 4.69) is 50.2 Å². The molecule has 0 aliphatic heterocycles. The number of hydrogen-bond donors (Lipinski definition) is 0. The van der Waals surface area contributed by atoms with Crippen LogP contribution in [0.1, 0.15) is 134 Å². The van der Waals surface area contributed by atoms with Gasteiger partial charge in [-0.2, -0.15) is 0 Å². The second-order valence-corrected chi connectivity index (χ2v) is 17.1. The van der Waals surface area contributed by atoms with E-state index in [0.717, 1.165) is 82.1 Å². The summed E-state index contributed by atoms with van der Waals surface area (Å²) in [5.74, 6) is 2.01. The van der Waals surface area contributed by atoms with E-state index in [9.17, 15) is 9.59 Å². The van der Waals surface area contributed by atoms with Gasteiger partial charge in [0.15, 0.2) is 0 Å². The van der Waals surface area contributed by atoms with E-state index in [1.54, 1.807) is 0 Å². The molecule has 6 aromatic rings. The maximum atomic E-state index is 13.7. The minimum atomic E-state index is -0.373. The fourth-order valence-corrected chi connectivity index (χ4v) is 8.32. The molecular weight excluding hydrogens is 793 g/mol. The van der Waals surface area contributed by atoms with Crippen molar-refractivity contribution in [3.05, 3.63) is 167 Å². The topological polar surface area (TPSA) is 71.1 Å². The predicted octanol–water partition coefficient (Wildman–Crippen LogP) is 14.8. The summed E-state index contributed by atoms with van der Waals surface area (Å²) >= 11 is 0. The monoisotopic (exact) mass is 856 g/mol. The van der Waals surface area contributed by atoms with Gasteiger partial charge in [0.2, 0.25) is 0 Å². The molecule has 64 heavy (non-hydrogen) atoms. The molecule has 0 heterocycles. The third kappa shape index (κ3) is 13.4. The summed E-state index contributed by atoms with van der Waals surface area (Å²) < 4.78 is 23.9. The minimum Gasteiger partial charge on any atom is -0.494 e. The first kappa shape index (κ1) is 45.9. The van der Waals surface area contributed by atoms with E-state index >= 15 is 0 Å². The van der Waals surface area contributed by atoms with Crippen LogP contribution < -0.4 is 18.9 Å². The van der Waals surface area contributed by atoms with Gasteiger partial charge in [-0.05, 0) is 144 Å². The molecule has 0 atom stereocenters. The van der Waals surface area contributed by atoms with Gasteiger partial charge in [-0.15, -0.1) is 0 Å². The van der Waals surface area contributed by atoms with Crippen molar-refractivity contribution in [2.45, 2.75) is 117 Å². The lowest BCUT2D eigenvalue weighted by atomic mass is 9.91. The average molecular weight is 857 g/mol. The van der Waals surface area contributed by atoms with Gasteiger partial charge < -0.3 is 18.9 Å². The lowest BCUT2D eigenvalue weighted by molar-refractivity contribution is 0.0724. The van der Waals surface area contributed by atoms with Gasteiger partial charge in [0, 0.05) is 0 Å². The van der Waals surface area contributed by atoms with Gasteiger partial charge in [0.25, 0.3) is 0 Å². The van der Waals surface area contributed by atoms with E-state index in [1.807, 2.05) is 97.1 Å². The Balaban J connectivity index is 0.915. The van der Waals surface area contributed by atoms with E-state index in [0.29, 0.717) is 48.3 Å². The molecule has 0 unspecified atom stereocenters. The number of aryl methyl sites for hydroxylation is 4. The van der Waals surface area contributed by atoms with Gasteiger partial charge >= 0.3 is 11.9 Å². The molecule has 0 saturated heterocycles. The predicted molar refractivity (Wildman–Crippen MR) is 259 cm³/mol. The molecule has 4 aliphatic rings. The lowest BCUT2D eigenvalue weighted by Gasteiger charge is -2.16. The maximum absolute atomic E-state index is 13.7. The second-order valence-electron chi connectivity index (χ2n) is 17.1. The van der Waals surface area contributed by atoms with Crippen molar-refractivity contribution in [1.29, 1.82) is 0 Å². The molecule has 0 amide bonds. The highest BCUT2D eigenvalue weighted by Crippen LogP contribution is 2.29. The zero-order valence-electron chi connectivity index (χ0n) is 37.9. The van der Waals surface area contributed by atoms with Gasteiger partial charge in [-0.3, -0.25) is 0 Å². The summed E-state index contributed by atoms with van der Waals surface area (Å²) in [6.07, 6.45) is 17.4. The van der Waals surface area contributed by atoms with Crippen LogP contribution in [0.2, 0.25) is 0 Å². The number of esters is 2. The zero-order valence-corrected chi connectivity index (χ0v) is 37.9. The summed E-state index contributed by atoms with van der Waals surface area (Å²) in [4.78, 5) is 27.5. The fraction of sp³-hybridized carbons (Fsp3) is 0.345. The van der Waals surface area contributed by atoms with Crippen molar-refractivity contribution in [3.8, 4) is 45.3 Å². The smallest absolute Gasteiger partial charge is 0.343 e. The Bertz CT molecular complexity index is 2210. The van der Waals surface area contributed by atoms with Crippen molar-refractivity contribution in [1.82, 2.24) is 0 Å². The number of rotatable bonds is 22. The summed E-state index contributed by atoms with van der Waals surface area (Å²) in [6.45, 7) is 5.96. The molecule has 0 saturated carbocycles. The van der Waals surface area contributed by atoms with Crippen LogP contribution in [-0.4, -0.2) is 25.2 Å². The molecular formula is C58H64O6. The number of benzene rings is 6. The zero-order chi connectivity index (χ0) is 44.4. The van der Waals surface area contributed by atoms with Crippen molar-refractivity contribution in [2.75, 3.05) is 13.2 Å². The van der Waals surface area contributed by atoms with Crippen LogP contribution in [0.5, 0.6) is 23.0 Å². The second kappa shape index (κ2) is 24.1. The van der Waals surface area contributed by atoms with Crippen LogP contribution >= 0.6 is 0 Å².